The summed E-state index contributed by atoms with van der Waals surface area (Å²) in [6.45, 7) is 17.0. The van der Waals surface area contributed by atoms with E-state index in [2.05, 4.69) is 50.4 Å². The number of amides is 14. The third-order valence-corrected chi connectivity index (χ3v) is 21.8. The Hall–Kier alpha value is -13.2. The number of nitrogens with zero attached hydrogens (tertiary/aromatic N) is 6. The van der Waals surface area contributed by atoms with E-state index >= 15 is 0 Å². The highest BCUT2D eigenvalue weighted by Gasteiger charge is 2.48. The minimum Gasteiger partial charge on any atom is -0.384 e. The summed E-state index contributed by atoms with van der Waals surface area (Å²) in [5.41, 5.74) is 23.5. The quantitative estimate of drug-likeness (QED) is 0.0118. The van der Waals surface area contributed by atoms with E-state index in [4.69, 9.17) is 64.6 Å². The first kappa shape index (κ1) is 106. The summed E-state index contributed by atoms with van der Waals surface area (Å²) in [4.78, 5) is 186. The number of hydrogen-bond acceptors (Lipinski definition) is 26. The number of amidine groups is 2. The van der Waals surface area contributed by atoms with Crippen LogP contribution in [0.5, 0.6) is 0 Å². The van der Waals surface area contributed by atoms with Crippen LogP contribution in [0.3, 0.4) is 0 Å². The lowest BCUT2D eigenvalue weighted by atomic mass is 10.0. The number of piperidine rings is 2. The lowest BCUT2D eigenvalue weighted by Crippen LogP contribution is -2.54. The largest absolute Gasteiger partial charge is 0.384 e. The fraction of sp³-hybridized carbons (Fsp3) is 0.429. The molecule has 2 saturated heterocycles. The van der Waals surface area contributed by atoms with Crippen molar-refractivity contribution >= 4 is 124 Å². The summed E-state index contributed by atoms with van der Waals surface area (Å²) >= 11 is 0. The molecular weight excluding hydrogens is 1780 g/mol. The summed E-state index contributed by atoms with van der Waals surface area (Å²) in [7, 11) is 0. The molecule has 0 spiro atoms. The Kier molecular flexibility index (Phi) is 43.6. The molecule has 6 aliphatic heterocycles. The van der Waals surface area contributed by atoms with Crippen LogP contribution in [0.25, 0.3) is 12.2 Å². The summed E-state index contributed by atoms with van der Waals surface area (Å²) < 4.78 is 68.8. The van der Waals surface area contributed by atoms with Gasteiger partial charge in [-0.25, -0.2) is 4.39 Å². The number of benzene rings is 6. The van der Waals surface area contributed by atoms with Crippen molar-refractivity contribution in [3.63, 3.8) is 0 Å². The topological polar surface area (TPSA) is 507 Å². The van der Waals surface area contributed by atoms with Gasteiger partial charge in [0, 0.05) is 136 Å². The maximum Gasteiger partial charge on any atom is 0.278 e. The van der Waals surface area contributed by atoms with Gasteiger partial charge in [-0.2, -0.15) is 9.98 Å². The highest BCUT2D eigenvalue weighted by molar-refractivity contribution is 6.26. The van der Waals surface area contributed by atoms with Gasteiger partial charge in [0.15, 0.2) is 0 Å². The zero-order valence-corrected chi connectivity index (χ0v) is 77.0. The number of anilines is 3. The molecule has 0 aliphatic carbocycles. The predicted molar refractivity (Wildman–Crippen MR) is 503 cm³/mol. The van der Waals surface area contributed by atoms with Crippen molar-refractivity contribution in [1.29, 1.82) is 0 Å². The van der Waals surface area contributed by atoms with Crippen LogP contribution in [0.2, 0.25) is 0 Å². The third-order valence-electron chi connectivity index (χ3n) is 21.8. The molecule has 2 atom stereocenters. The van der Waals surface area contributed by atoms with E-state index in [0.29, 0.717) is 226 Å². The van der Waals surface area contributed by atoms with Gasteiger partial charge in [0.05, 0.1) is 128 Å². The fourth-order valence-electron chi connectivity index (χ4n) is 15.1. The second-order valence-electron chi connectivity index (χ2n) is 31.8. The van der Waals surface area contributed by atoms with Crippen LogP contribution >= 0.6 is 0 Å². The monoisotopic (exact) mass is 1890 g/mol. The minimum absolute atomic E-state index is 0.0340. The zero-order chi connectivity index (χ0) is 97.8. The standard InChI is InChI=1S/C49H59N7O12.C36H51N5O8.C13H9FN2O4/c1-2-19-55-39-13-11-33(30-36(39)32-41(55)53-46(60)35-8-3-7-34(31-35)45(50)59)12-15-42(57)52-18-6-21-65-23-25-67-27-29-68-28-26-66-24-22-64-20-5-17-51-38-10-4-9-37-44(38)49(63)56(48(37)62)40-14-16-43(58)54-47(40)61;1-2-14-41-32-10-8-28(25-31(32)27-33(41)40-36(44)30-7-3-6-29(26-30)35(38)43)9-11-34(42)39-13-5-16-46-18-20-48-22-24-49-23-21-47-19-17-45-15-4-12-37;14-7-3-1-2-6-10(7)13(20)16(12(6)19)8-4-5-9(17)15-11(8)18/h3-4,7-13,15,30-31,40,51H,2,5-6,14,16-29,32H2,1H3,(H2,50,59)(H,52,57)(H,54,58,61);3,6-11,25-26H,2,4-5,12-24,27,37H2,1H3,(H2,38,43)(H,39,42);1-3,8H,4-5H2,(H,15,17,18)/b15-12+,53-41?;11-9+,40-33?;. The normalized spacial score (nSPS) is 16.0. The molecule has 0 saturated carbocycles. The first-order chi connectivity index (χ1) is 66.5. The zero-order valence-electron chi connectivity index (χ0n) is 77.0. The molecule has 11 N–H and O–H groups in total. The molecule has 0 radical (unpaired) electrons. The van der Waals surface area contributed by atoms with Crippen LogP contribution in [0, 0.1) is 5.82 Å². The van der Waals surface area contributed by atoms with Crippen molar-refractivity contribution < 1.29 is 119 Å². The highest BCUT2D eigenvalue weighted by Crippen LogP contribution is 2.36. The number of nitrogens with one attached hydrogen (secondary N) is 5. The number of ether oxygens (including phenoxy) is 10. The lowest BCUT2D eigenvalue weighted by Gasteiger charge is -2.27. The molecule has 2 unspecified atom stereocenters. The third kappa shape index (κ3) is 32.2. The minimum atomic E-state index is -1.07. The molecule has 732 valence electrons. The molecule has 6 aromatic carbocycles. The summed E-state index contributed by atoms with van der Waals surface area (Å²) in [5.74, 6) is -6.90. The molecule has 38 nitrogen and oxygen atoms in total. The Bertz CT molecular complexity index is 5380. The smallest absolute Gasteiger partial charge is 0.278 e. The first-order valence-corrected chi connectivity index (χ1v) is 45.8. The van der Waals surface area contributed by atoms with Crippen LogP contribution in [0.1, 0.15) is 183 Å². The van der Waals surface area contributed by atoms with Crippen molar-refractivity contribution in [2.45, 2.75) is 103 Å². The SMILES string of the molecule is CCCN1C(=NC(=O)c2cccc(C(N)=O)c2)Cc2cc(/C=C/C(=O)NCCCOCCOCCOCCOCCOCCCN)ccc21.CCCN1C(=NC(=O)c2cccc(C(N)=O)c2)Cc2cc(/C=C/C(=O)NCCCOCCOCCOCCOCCOCCCNc3cccc4c3C(=O)N(C3CCC(=O)NC3=O)C4=O)ccc21.O=C1CCC(N2C(=O)c3cccc(F)c3C2=O)C(=O)N1. The number of primary amides is 2. The number of imide groups is 4. The van der Waals surface area contributed by atoms with E-state index in [1.165, 1.54) is 36.4 Å². The number of nitrogens with two attached hydrogens (primary N) is 3. The number of carbonyl (C=O) groups excluding carboxylic acids is 14. The van der Waals surface area contributed by atoms with E-state index in [9.17, 15) is 71.5 Å². The van der Waals surface area contributed by atoms with Gasteiger partial charge in [-0.05, 0) is 177 Å². The number of carbonyl (C=O) groups is 14. The Morgan fingerprint density at radius 2 is 0.788 bits per heavy atom. The van der Waals surface area contributed by atoms with E-state index in [1.54, 1.807) is 66.7 Å². The van der Waals surface area contributed by atoms with Crippen molar-refractivity contribution in [3.05, 3.63) is 206 Å². The Morgan fingerprint density at radius 3 is 1.17 bits per heavy atom. The average molecular weight is 1900 g/mol. The van der Waals surface area contributed by atoms with Gasteiger partial charge in [0.2, 0.25) is 47.3 Å². The van der Waals surface area contributed by atoms with Crippen molar-refractivity contribution in [2.75, 3.05) is 187 Å². The van der Waals surface area contributed by atoms with Gasteiger partial charge < -0.3 is 90.3 Å². The van der Waals surface area contributed by atoms with Crippen LogP contribution in [-0.4, -0.2) is 288 Å². The summed E-state index contributed by atoms with van der Waals surface area (Å²) in [6.07, 6.45) is 12.2. The molecule has 14 amide bonds. The lowest BCUT2D eigenvalue weighted by molar-refractivity contribution is -0.137. The van der Waals surface area contributed by atoms with Crippen LogP contribution in [0.4, 0.5) is 21.5 Å². The average Bonchev–Trinajstić information content (AvgIpc) is 1.61. The second kappa shape index (κ2) is 56.4. The van der Waals surface area contributed by atoms with Gasteiger partial charge in [-0.3, -0.25) is 87.6 Å². The number of rotatable bonds is 54. The van der Waals surface area contributed by atoms with E-state index in [0.717, 1.165) is 68.8 Å². The van der Waals surface area contributed by atoms with Gasteiger partial charge in [-0.15, -0.1) is 0 Å². The van der Waals surface area contributed by atoms with Crippen LogP contribution < -0.4 is 53.6 Å². The van der Waals surface area contributed by atoms with Gasteiger partial charge in [0.25, 0.3) is 35.4 Å². The molecule has 137 heavy (non-hydrogen) atoms. The molecule has 6 aromatic rings. The molecule has 6 heterocycles. The number of fused-ring (bicyclic) bond motifs is 4. The fourth-order valence-corrected chi connectivity index (χ4v) is 15.1. The number of hydrogen-bond donors (Lipinski definition) is 8. The molecule has 6 aliphatic rings. The maximum absolute atomic E-state index is 13.7. The molecule has 0 aromatic heterocycles. The number of halogens is 1. The Morgan fingerprint density at radius 1 is 0.431 bits per heavy atom. The van der Waals surface area contributed by atoms with Gasteiger partial charge in [-0.1, -0.05) is 50.2 Å². The molecule has 12 rings (SSSR count). The van der Waals surface area contributed by atoms with E-state index in [-0.39, 0.29) is 76.4 Å². The van der Waals surface area contributed by atoms with E-state index in [1.807, 2.05) is 46.2 Å². The molecule has 0 bridgehead atoms. The van der Waals surface area contributed by atoms with Gasteiger partial charge in [0.1, 0.15) is 29.6 Å². The van der Waals surface area contributed by atoms with Crippen molar-refractivity contribution in [1.82, 2.24) is 31.1 Å². The van der Waals surface area contributed by atoms with E-state index < -0.39 is 88.8 Å². The predicted octanol–water partition coefficient (Wildman–Crippen LogP) is 6.28. The Labute approximate surface area is 792 Å². The Balaban J connectivity index is 0.000000242. The molecule has 2 fully saturated rings. The van der Waals surface area contributed by atoms with Crippen molar-refractivity contribution in [2.24, 2.45) is 27.2 Å². The second-order valence-corrected chi connectivity index (χ2v) is 31.8. The van der Waals surface area contributed by atoms with Gasteiger partial charge >= 0.3 is 0 Å². The summed E-state index contributed by atoms with van der Waals surface area (Å²) in [6, 6.07) is 30.9. The molecule has 39 heteroatoms. The highest BCUT2D eigenvalue weighted by atomic mass is 19.1. The van der Waals surface area contributed by atoms with Crippen molar-refractivity contribution in [3.8, 4) is 0 Å². The van der Waals surface area contributed by atoms with Crippen LogP contribution in [-0.2, 0) is 89.0 Å². The summed E-state index contributed by atoms with van der Waals surface area (Å²) in [5, 5.41) is 13.2. The number of aliphatic imine (C=N–C) groups is 2. The first-order valence-electron chi connectivity index (χ1n) is 45.8. The maximum atomic E-state index is 13.7. The van der Waals surface area contributed by atoms with Crippen LogP contribution in [0.15, 0.2) is 143 Å². The molecular formula is C98H119FN14O24.